The first-order valence-electron chi connectivity index (χ1n) is 11.1. The predicted octanol–water partition coefficient (Wildman–Crippen LogP) is 4.19. The number of anilines is 1. The molecule has 0 aliphatic heterocycles. The van der Waals surface area contributed by atoms with Crippen molar-refractivity contribution in [2.45, 2.75) is 26.1 Å². The molecule has 0 aliphatic rings. The minimum atomic E-state index is -4.41. The molecule has 4 rings (SSSR count). The van der Waals surface area contributed by atoms with E-state index >= 15 is 0 Å². The molecule has 1 amide bonds. The molecule has 0 unspecified atom stereocenters. The van der Waals surface area contributed by atoms with Gasteiger partial charge in [-0.25, -0.2) is 4.98 Å². The van der Waals surface area contributed by atoms with Gasteiger partial charge in [-0.1, -0.05) is 17.7 Å². The lowest BCUT2D eigenvalue weighted by Crippen LogP contribution is -2.35. The third-order valence-corrected chi connectivity index (χ3v) is 6.11. The Bertz CT molecular complexity index is 1440. The van der Waals surface area contributed by atoms with Gasteiger partial charge < -0.3 is 14.8 Å². The van der Waals surface area contributed by atoms with Gasteiger partial charge in [-0.3, -0.25) is 14.2 Å². The SMILES string of the molecule is Cc1ccc2[nH]c3c(=O)n(CCC(=O)N(C)CCN(C)c4cccc(C(F)(F)F)c4)cnc3c2c1. The van der Waals surface area contributed by atoms with Crippen LogP contribution in [-0.2, 0) is 17.5 Å². The van der Waals surface area contributed by atoms with Crippen LogP contribution in [0.5, 0.6) is 0 Å². The first-order chi connectivity index (χ1) is 16.5. The van der Waals surface area contributed by atoms with Gasteiger partial charge in [0.15, 0.2) is 0 Å². The molecule has 35 heavy (non-hydrogen) atoms. The summed E-state index contributed by atoms with van der Waals surface area (Å²) in [6.07, 6.45) is -2.86. The Kier molecular flexibility index (Phi) is 6.56. The van der Waals surface area contributed by atoms with Crippen molar-refractivity contribution >= 4 is 33.5 Å². The third kappa shape index (κ3) is 5.16. The zero-order valence-electron chi connectivity index (χ0n) is 19.7. The van der Waals surface area contributed by atoms with Crippen LogP contribution >= 0.6 is 0 Å². The van der Waals surface area contributed by atoms with Crippen molar-refractivity contribution in [2.75, 3.05) is 32.1 Å². The van der Waals surface area contributed by atoms with Crippen LogP contribution in [-0.4, -0.2) is 52.5 Å². The molecule has 0 saturated carbocycles. The van der Waals surface area contributed by atoms with Crippen LogP contribution in [0.1, 0.15) is 17.5 Å². The van der Waals surface area contributed by atoms with E-state index in [1.807, 2.05) is 25.1 Å². The predicted molar refractivity (Wildman–Crippen MR) is 130 cm³/mol. The molecule has 2 aromatic heterocycles. The molecule has 0 aliphatic carbocycles. The number of carbonyl (C=O) groups is 1. The van der Waals surface area contributed by atoms with Gasteiger partial charge in [-0.05, 0) is 37.3 Å². The number of aryl methyl sites for hydroxylation is 2. The van der Waals surface area contributed by atoms with E-state index < -0.39 is 11.7 Å². The molecule has 10 heteroatoms. The molecular weight excluding hydrogens is 459 g/mol. The van der Waals surface area contributed by atoms with Crippen LogP contribution in [0.2, 0.25) is 0 Å². The molecule has 184 valence electrons. The lowest BCUT2D eigenvalue weighted by atomic mass is 10.2. The Morgan fingerprint density at radius 3 is 2.63 bits per heavy atom. The lowest BCUT2D eigenvalue weighted by Gasteiger charge is -2.24. The first kappa shape index (κ1) is 24.3. The summed E-state index contributed by atoms with van der Waals surface area (Å²) >= 11 is 0. The summed E-state index contributed by atoms with van der Waals surface area (Å²) in [6.45, 7) is 2.81. The number of carbonyl (C=O) groups excluding carboxylic acids is 1. The molecule has 4 aromatic rings. The maximum Gasteiger partial charge on any atom is 0.416 e. The second-order valence-corrected chi connectivity index (χ2v) is 8.68. The fraction of sp³-hybridized carbons (Fsp3) is 0.320. The van der Waals surface area contributed by atoms with Crippen LogP contribution in [0, 0.1) is 6.92 Å². The van der Waals surface area contributed by atoms with E-state index in [0.717, 1.165) is 28.6 Å². The molecule has 1 N–H and O–H groups in total. The molecule has 7 nitrogen and oxygen atoms in total. The van der Waals surface area contributed by atoms with E-state index in [9.17, 15) is 22.8 Å². The van der Waals surface area contributed by atoms with Crippen LogP contribution in [0.25, 0.3) is 21.9 Å². The molecule has 0 fully saturated rings. The maximum absolute atomic E-state index is 13.0. The zero-order valence-corrected chi connectivity index (χ0v) is 19.7. The number of halogens is 3. The number of likely N-dealkylation sites (N-methyl/N-ethyl adjacent to an activating group) is 2. The highest BCUT2D eigenvalue weighted by Gasteiger charge is 2.30. The van der Waals surface area contributed by atoms with E-state index in [1.165, 1.54) is 21.9 Å². The third-order valence-electron chi connectivity index (χ3n) is 6.11. The van der Waals surface area contributed by atoms with Crippen molar-refractivity contribution in [3.05, 3.63) is 70.3 Å². The smallest absolute Gasteiger partial charge is 0.373 e. The van der Waals surface area contributed by atoms with Gasteiger partial charge in [-0.2, -0.15) is 13.2 Å². The lowest BCUT2D eigenvalue weighted by molar-refractivity contribution is -0.137. The number of aromatic amines is 1. The van der Waals surface area contributed by atoms with E-state index in [2.05, 4.69) is 9.97 Å². The van der Waals surface area contributed by atoms with E-state index in [0.29, 0.717) is 29.8 Å². The Morgan fingerprint density at radius 1 is 1.11 bits per heavy atom. The van der Waals surface area contributed by atoms with Gasteiger partial charge in [0, 0.05) is 56.7 Å². The summed E-state index contributed by atoms with van der Waals surface area (Å²) in [4.78, 5) is 36.3. The number of amides is 1. The first-order valence-corrected chi connectivity index (χ1v) is 11.1. The number of alkyl halides is 3. The van der Waals surface area contributed by atoms with E-state index in [1.54, 1.807) is 25.1 Å². The van der Waals surface area contributed by atoms with Gasteiger partial charge in [-0.15, -0.1) is 0 Å². The van der Waals surface area contributed by atoms with Gasteiger partial charge in [0.05, 0.1) is 11.9 Å². The Balaban J connectivity index is 1.37. The summed E-state index contributed by atoms with van der Waals surface area (Å²) in [5.74, 6) is -0.179. The Labute approximate surface area is 199 Å². The number of rotatable bonds is 7. The number of fused-ring (bicyclic) bond motifs is 3. The second kappa shape index (κ2) is 9.44. The van der Waals surface area contributed by atoms with Gasteiger partial charge in [0.2, 0.25) is 5.91 Å². The monoisotopic (exact) mass is 485 g/mol. The normalized spacial score (nSPS) is 11.8. The minimum absolute atomic E-state index is 0.0935. The molecule has 0 spiro atoms. The summed E-state index contributed by atoms with van der Waals surface area (Å²) < 4.78 is 40.3. The molecule has 0 bridgehead atoms. The molecule has 2 aromatic carbocycles. The standard InChI is InChI=1S/C25H26F3N5O2/c1-16-7-8-20-19(13-16)22-23(30-20)24(35)33(15-29-22)10-9-21(34)32(3)12-11-31(2)18-6-4-5-17(14-18)25(26,27)28/h4-8,13-15,30H,9-12H2,1-3H3. The van der Waals surface area contributed by atoms with Gasteiger partial charge >= 0.3 is 6.18 Å². The number of hydrogen-bond acceptors (Lipinski definition) is 4. The maximum atomic E-state index is 13.0. The second-order valence-electron chi connectivity index (χ2n) is 8.68. The van der Waals surface area contributed by atoms with E-state index in [4.69, 9.17) is 0 Å². The summed E-state index contributed by atoms with van der Waals surface area (Å²) in [5, 5.41) is 0.880. The fourth-order valence-corrected chi connectivity index (χ4v) is 3.94. The van der Waals surface area contributed by atoms with Crippen molar-refractivity contribution in [1.82, 2.24) is 19.4 Å². The van der Waals surface area contributed by atoms with Crippen LogP contribution in [0.15, 0.2) is 53.6 Å². The number of nitrogens with one attached hydrogen (secondary N) is 1. The van der Waals surface area contributed by atoms with E-state index in [-0.39, 0.29) is 24.4 Å². The highest BCUT2D eigenvalue weighted by Crippen LogP contribution is 2.31. The Hall–Kier alpha value is -3.82. The van der Waals surface area contributed by atoms with Crippen molar-refractivity contribution in [2.24, 2.45) is 0 Å². The minimum Gasteiger partial charge on any atom is -0.373 e. The average Bonchev–Trinajstić information content (AvgIpc) is 3.19. The van der Waals surface area contributed by atoms with Gasteiger partial charge in [0.25, 0.3) is 5.56 Å². The molecular formula is C25H26F3N5O2. The number of H-pyrrole nitrogens is 1. The van der Waals surface area contributed by atoms with Crippen LogP contribution < -0.4 is 10.5 Å². The topological polar surface area (TPSA) is 74.2 Å². The Morgan fingerprint density at radius 2 is 1.89 bits per heavy atom. The quantitative estimate of drug-likeness (QED) is 0.426. The molecule has 2 heterocycles. The number of nitrogens with zero attached hydrogens (tertiary/aromatic N) is 4. The summed E-state index contributed by atoms with van der Waals surface area (Å²) in [7, 11) is 3.31. The molecule has 0 atom stereocenters. The summed E-state index contributed by atoms with van der Waals surface area (Å²) in [5.41, 5.74) is 2.35. The van der Waals surface area contributed by atoms with Crippen molar-refractivity contribution in [1.29, 1.82) is 0 Å². The highest BCUT2D eigenvalue weighted by molar-refractivity contribution is 6.04. The molecule has 0 saturated heterocycles. The summed E-state index contributed by atoms with van der Waals surface area (Å²) in [6, 6.07) is 10.9. The van der Waals surface area contributed by atoms with Crippen molar-refractivity contribution in [3.8, 4) is 0 Å². The van der Waals surface area contributed by atoms with Crippen LogP contribution in [0.4, 0.5) is 18.9 Å². The number of benzene rings is 2. The highest BCUT2D eigenvalue weighted by atomic mass is 19.4. The van der Waals surface area contributed by atoms with Crippen LogP contribution in [0.3, 0.4) is 0 Å². The largest absolute Gasteiger partial charge is 0.416 e. The van der Waals surface area contributed by atoms with Gasteiger partial charge in [0.1, 0.15) is 11.0 Å². The van der Waals surface area contributed by atoms with Crippen molar-refractivity contribution < 1.29 is 18.0 Å². The van der Waals surface area contributed by atoms with Crippen molar-refractivity contribution in [3.63, 3.8) is 0 Å². The molecule has 0 radical (unpaired) electrons. The zero-order chi connectivity index (χ0) is 25.3. The fourth-order valence-electron chi connectivity index (χ4n) is 3.94. The number of aromatic nitrogens is 3. The average molecular weight is 486 g/mol. The number of hydrogen-bond donors (Lipinski definition) is 1.